The van der Waals surface area contributed by atoms with E-state index in [1.54, 1.807) is 11.8 Å². The van der Waals surface area contributed by atoms with Crippen LogP contribution in [0.2, 0.25) is 0 Å². The van der Waals surface area contributed by atoms with Crippen molar-refractivity contribution in [3.63, 3.8) is 0 Å². The fourth-order valence-corrected chi connectivity index (χ4v) is 1.73. The average Bonchev–Trinajstić information content (AvgIpc) is 2.14. The standard InChI is InChI=1S/C12H24N2S/c1-6-7-11(2)10-15-12(3)13-8-9-14(4)5/h10,13H,3,6-9H2,1-2,4-5H3/b11-10-. The molecule has 2 nitrogen and oxygen atoms in total. The molecule has 0 saturated heterocycles. The van der Waals surface area contributed by atoms with Crippen LogP contribution in [0.3, 0.4) is 0 Å². The van der Waals surface area contributed by atoms with Gasteiger partial charge >= 0.3 is 0 Å². The Balaban J connectivity index is 3.61. The van der Waals surface area contributed by atoms with Crippen molar-refractivity contribution in [3.05, 3.63) is 22.6 Å². The minimum absolute atomic E-state index is 0.958. The number of likely N-dealkylation sites (N-methyl/N-ethyl adjacent to an activating group) is 1. The molecule has 15 heavy (non-hydrogen) atoms. The molecule has 0 aromatic heterocycles. The Kier molecular flexibility index (Phi) is 8.62. The van der Waals surface area contributed by atoms with E-state index in [4.69, 9.17) is 0 Å². The van der Waals surface area contributed by atoms with E-state index in [1.165, 1.54) is 18.4 Å². The van der Waals surface area contributed by atoms with Crippen LogP contribution in [0.4, 0.5) is 0 Å². The Morgan fingerprint density at radius 1 is 1.47 bits per heavy atom. The lowest BCUT2D eigenvalue weighted by atomic mass is 10.2. The Bertz CT molecular complexity index is 210. The average molecular weight is 228 g/mol. The van der Waals surface area contributed by atoms with Gasteiger partial charge in [0.05, 0.1) is 5.03 Å². The molecule has 1 N–H and O–H groups in total. The molecular weight excluding hydrogens is 204 g/mol. The molecule has 0 saturated carbocycles. The summed E-state index contributed by atoms with van der Waals surface area (Å²) >= 11 is 1.69. The minimum Gasteiger partial charge on any atom is -0.379 e. The van der Waals surface area contributed by atoms with E-state index in [-0.39, 0.29) is 0 Å². The first-order valence-electron chi connectivity index (χ1n) is 5.46. The van der Waals surface area contributed by atoms with Crippen LogP contribution < -0.4 is 5.32 Å². The van der Waals surface area contributed by atoms with E-state index >= 15 is 0 Å². The maximum Gasteiger partial charge on any atom is 0.0651 e. The van der Waals surface area contributed by atoms with Gasteiger partial charge in [-0.3, -0.25) is 0 Å². The summed E-state index contributed by atoms with van der Waals surface area (Å²) in [5.41, 5.74) is 1.43. The number of nitrogens with zero attached hydrogens (tertiary/aromatic N) is 1. The van der Waals surface area contributed by atoms with E-state index in [9.17, 15) is 0 Å². The van der Waals surface area contributed by atoms with Crippen molar-refractivity contribution >= 4 is 11.8 Å². The molecule has 0 rings (SSSR count). The Hall–Kier alpha value is -0.410. The third kappa shape index (κ3) is 9.88. The number of hydrogen-bond donors (Lipinski definition) is 1. The molecule has 0 unspecified atom stereocenters. The summed E-state index contributed by atoms with van der Waals surface area (Å²) in [6.07, 6.45) is 2.39. The summed E-state index contributed by atoms with van der Waals surface area (Å²) in [7, 11) is 4.14. The second-order valence-electron chi connectivity index (χ2n) is 3.99. The highest BCUT2D eigenvalue weighted by atomic mass is 32.2. The molecule has 0 aliphatic heterocycles. The van der Waals surface area contributed by atoms with Gasteiger partial charge in [-0.2, -0.15) is 0 Å². The fraction of sp³-hybridized carbons (Fsp3) is 0.667. The van der Waals surface area contributed by atoms with Gasteiger partial charge in [0.25, 0.3) is 0 Å². The highest BCUT2D eigenvalue weighted by molar-refractivity contribution is 8.05. The van der Waals surface area contributed by atoms with Gasteiger partial charge in [-0.15, -0.1) is 0 Å². The van der Waals surface area contributed by atoms with Crippen LogP contribution in [0.1, 0.15) is 26.7 Å². The second kappa shape index (κ2) is 8.86. The zero-order valence-corrected chi connectivity index (χ0v) is 11.3. The molecule has 88 valence electrons. The largest absolute Gasteiger partial charge is 0.379 e. The molecule has 0 aromatic rings. The van der Waals surface area contributed by atoms with Crippen molar-refractivity contribution in [1.29, 1.82) is 0 Å². The number of allylic oxidation sites excluding steroid dienone is 1. The van der Waals surface area contributed by atoms with Crippen LogP contribution >= 0.6 is 11.8 Å². The second-order valence-corrected chi connectivity index (χ2v) is 4.95. The number of rotatable bonds is 8. The van der Waals surface area contributed by atoms with Gasteiger partial charge < -0.3 is 10.2 Å². The third-order valence-corrected chi connectivity index (χ3v) is 2.88. The number of nitrogens with one attached hydrogen (secondary N) is 1. The van der Waals surface area contributed by atoms with E-state index in [1.807, 2.05) is 0 Å². The van der Waals surface area contributed by atoms with Crippen molar-refractivity contribution in [2.75, 3.05) is 27.2 Å². The Morgan fingerprint density at radius 3 is 2.67 bits per heavy atom. The molecule has 0 aromatic carbocycles. The van der Waals surface area contributed by atoms with Gasteiger partial charge in [0.1, 0.15) is 0 Å². The molecule has 0 fully saturated rings. The van der Waals surface area contributed by atoms with Gasteiger partial charge in [0, 0.05) is 13.1 Å². The predicted octanol–water partition coefficient (Wildman–Crippen LogP) is 3.05. The van der Waals surface area contributed by atoms with Crippen molar-refractivity contribution in [3.8, 4) is 0 Å². The van der Waals surface area contributed by atoms with E-state index in [0.717, 1.165) is 18.1 Å². The summed E-state index contributed by atoms with van der Waals surface area (Å²) in [5, 5.41) is 6.52. The molecule has 0 atom stereocenters. The highest BCUT2D eigenvalue weighted by Gasteiger charge is 1.94. The van der Waals surface area contributed by atoms with Gasteiger partial charge in [-0.05, 0) is 32.8 Å². The molecule has 0 aliphatic carbocycles. The van der Waals surface area contributed by atoms with Crippen LogP contribution in [-0.4, -0.2) is 32.1 Å². The molecule has 0 spiro atoms. The van der Waals surface area contributed by atoms with Gasteiger partial charge in [0.15, 0.2) is 0 Å². The van der Waals surface area contributed by atoms with Crippen LogP contribution in [0.25, 0.3) is 0 Å². The first-order chi connectivity index (χ1) is 7.06. The lowest BCUT2D eigenvalue weighted by Crippen LogP contribution is -2.24. The summed E-state index contributed by atoms with van der Waals surface area (Å²) in [6.45, 7) is 10.3. The highest BCUT2D eigenvalue weighted by Crippen LogP contribution is 2.16. The van der Waals surface area contributed by atoms with Gasteiger partial charge in [-0.25, -0.2) is 0 Å². The summed E-state index contributed by atoms with van der Waals surface area (Å²) in [5.74, 6) is 0. The SMILES string of the molecule is C=C(NCCN(C)C)S/C=C(/C)CCC. The van der Waals surface area contributed by atoms with Crippen molar-refractivity contribution in [2.45, 2.75) is 26.7 Å². The van der Waals surface area contributed by atoms with Crippen LogP contribution in [0.5, 0.6) is 0 Å². The summed E-state index contributed by atoms with van der Waals surface area (Å²) < 4.78 is 0. The van der Waals surface area contributed by atoms with Crippen LogP contribution in [-0.2, 0) is 0 Å². The van der Waals surface area contributed by atoms with Crippen molar-refractivity contribution in [2.24, 2.45) is 0 Å². The molecular formula is C12H24N2S. The lowest BCUT2D eigenvalue weighted by molar-refractivity contribution is 0.409. The maximum absolute atomic E-state index is 3.97. The lowest BCUT2D eigenvalue weighted by Gasteiger charge is -2.11. The van der Waals surface area contributed by atoms with Crippen molar-refractivity contribution < 1.29 is 0 Å². The van der Waals surface area contributed by atoms with E-state index in [0.29, 0.717) is 0 Å². The predicted molar refractivity (Wildman–Crippen MR) is 72.0 cm³/mol. The van der Waals surface area contributed by atoms with Crippen molar-refractivity contribution in [1.82, 2.24) is 10.2 Å². The Labute approximate surface area is 98.8 Å². The fourth-order valence-electron chi connectivity index (χ4n) is 1.09. The van der Waals surface area contributed by atoms with Crippen LogP contribution in [0.15, 0.2) is 22.6 Å². The third-order valence-electron chi connectivity index (χ3n) is 1.93. The zero-order chi connectivity index (χ0) is 11.7. The molecule has 0 bridgehead atoms. The molecule has 0 heterocycles. The van der Waals surface area contributed by atoms with Gasteiger partial charge in [-0.1, -0.05) is 37.3 Å². The normalized spacial score (nSPS) is 11.9. The van der Waals surface area contributed by atoms with Gasteiger partial charge in [0.2, 0.25) is 0 Å². The smallest absolute Gasteiger partial charge is 0.0651 e. The quantitative estimate of drug-likeness (QED) is 0.687. The first-order valence-corrected chi connectivity index (χ1v) is 6.34. The Morgan fingerprint density at radius 2 is 2.13 bits per heavy atom. The molecule has 3 heteroatoms. The molecule has 0 aliphatic rings. The topological polar surface area (TPSA) is 15.3 Å². The zero-order valence-electron chi connectivity index (χ0n) is 10.5. The molecule has 0 radical (unpaired) electrons. The first kappa shape index (κ1) is 14.6. The number of hydrogen-bond acceptors (Lipinski definition) is 3. The summed E-state index contributed by atoms with van der Waals surface area (Å²) in [4.78, 5) is 2.16. The molecule has 0 amide bonds. The summed E-state index contributed by atoms with van der Waals surface area (Å²) in [6, 6.07) is 0. The maximum atomic E-state index is 3.97. The monoisotopic (exact) mass is 228 g/mol. The van der Waals surface area contributed by atoms with E-state index in [2.05, 4.69) is 50.1 Å². The number of thioether (sulfide) groups is 1. The van der Waals surface area contributed by atoms with E-state index < -0.39 is 0 Å². The minimum atomic E-state index is 0.958. The van der Waals surface area contributed by atoms with Crippen LogP contribution in [0, 0.1) is 0 Å².